The van der Waals surface area contributed by atoms with Gasteiger partial charge in [-0.25, -0.2) is 0 Å². The zero-order chi connectivity index (χ0) is 15.2. The quantitative estimate of drug-likeness (QED) is 0.885. The fraction of sp³-hybridized carbons (Fsp3) is 0.353. The van der Waals surface area contributed by atoms with E-state index in [0.717, 1.165) is 22.6 Å². The van der Waals surface area contributed by atoms with Crippen molar-refractivity contribution in [2.75, 3.05) is 14.2 Å². The SMILES string of the molecule is CNC(c1cncc(OC)c1)c1cccc(OC(C)C)c1. The second kappa shape index (κ2) is 7.09. The summed E-state index contributed by atoms with van der Waals surface area (Å²) in [4.78, 5) is 4.22. The van der Waals surface area contributed by atoms with E-state index >= 15 is 0 Å². The number of hydrogen-bond acceptors (Lipinski definition) is 4. The molecule has 0 aliphatic carbocycles. The Kier molecular flexibility index (Phi) is 5.17. The molecule has 21 heavy (non-hydrogen) atoms. The lowest BCUT2D eigenvalue weighted by Crippen LogP contribution is -2.18. The average Bonchev–Trinajstić information content (AvgIpc) is 2.48. The van der Waals surface area contributed by atoms with Gasteiger partial charge in [0.1, 0.15) is 11.5 Å². The molecule has 1 atom stereocenters. The van der Waals surface area contributed by atoms with E-state index < -0.39 is 0 Å². The molecule has 0 spiro atoms. The van der Waals surface area contributed by atoms with Gasteiger partial charge in [0, 0.05) is 6.20 Å². The molecular formula is C17H22N2O2. The van der Waals surface area contributed by atoms with Gasteiger partial charge in [-0.05, 0) is 50.2 Å². The maximum absolute atomic E-state index is 5.76. The van der Waals surface area contributed by atoms with Crippen molar-refractivity contribution in [3.8, 4) is 11.5 Å². The van der Waals surface area contributed by atoms with E-state index in [-0.39, 0.29) is 12.1 Å². The molecule has 0 aliphatic heterocycles. The Balaban J connectivity index is 2.32. The fourth-order valence-corrected chi connectivity index (χ4v) is 2.27. The second-order valence-electron chi connectivity index (χ2n) is 5.12. The molecule has 0 amide bonds. The second-order valence-corrected chi connectivity index (χ2v) is 5.12. The Hall–Kier alpha value is -2.07. The van der Waals surface area contributed by atoms with Gasteiger partial charge in [-0.2, -0.15) is 0 Å². The Labute approximate surface area is 126 Å². The zero-order valence-electron chi connectivity index (χ0n) is 13.0. The third kappa shape index (κ3) is 3.95. The molecular weight excluding hydrogens is 264 g/mol. The van der Waals surface area contributed by atoms with Gasteiger partial charge in [-0.15, -0.1) is 0 Å². The summed E-state index contributed by atoms with van der Waals surface area (Å²) >= 11 is 0. The van der Waals surface area contributed by atoms with Crippen LogP contribution < -0.4 is 14.8 Å². The van der Waals surface area contributed by atoms with Crippen LogP contribution in [0.25, 0.3) is 0 Å². The van der Waals surface area contributed by atoms with Gasteiger partial charge in [-0.3, -0.25) is 4.98 Å². The number of hydrogen-bond donors (Lipinski definition) is 1. The van der Waals surface area contributed by atoms with Crippen molar-refractivity contribution in [1.29, 1.82) is 0 Å². The Morgan fingerprint density at radius 2 is 1.81 bits per heavy atom. The first-order valence-corrected chi connectivity index (χ1v) is 7.07. The van der Waals surface area contributed by atoms with Gasteiger partial charge >= 0.3 is 0 Å². The topological polar surface area (TPSA) is 43.4 Å². The van der Waals surface area contributed by atoms with Gasteiger partial charge in [0.25, 0.3) is 0 Å². The van der Waals surface area contributed by atoms with Crippen molar-refractivity contribution in [3.05, 3.63) is 53.9 Å². The highest BCUT2D eigenvalue weighted by molar-refractivity contribution is 5.37. The molecule has 1 aromatic heterocycles. The molecule has 1 unspecified atom stereocenters. The Bertz CT molecular complexity index is 585. The molecule has 4 heteroatoms. The van der Waals surface area contributed by atoms with Crippen LogP contribution in [-0.2, 0) is 0 Å². The first-order valence-electron chi connectivity index (χ1n) is 7.07. The van der Waals surface area contributed by atoms with Crippen LogP contribution >= 0.6 is 0 Å². The van der Waals surface area contributed by atoms with Crippen LogP contribution in [0, 0.1) is 0 Å². The first-order chi connectivity index (χ1) is 10.1. The van der Waals surface area contributed by atoms with Crippen LogP contribution in [0.15, 0.2) is 42.7 Å². The predicted molar refractivity (Wildman–Crippen MR) is 83.9 cm³/mol. The van der Waals surface area contributed by atoms with Gasteiger partial charge in [0.2, 0.25) is 0 Å². The van der Waals surface area contributed by atoms with Crippen LogP contribution in [0.2, 0.25) is 0 Å². The summed E-state index contributed by atoms with van der Waals surface area (Å²) in [5, 5.41) is 3.32. The van der Waals surface area contributed by atoms with Crippen molar-refractivity contribution in [1.82, 2.24) is 10.3 Å². The summed E-state index contributed by atoms with van der Waals surface area (Å²) in [5.41, 5.74) is 2.18. The number of nitrogens with one attached hydrogen (secondary N) is 1. The van der Waals surface area contributed by atoms with Crippen LogP contribution in [0.5, 0.6) is 11.5 Å². The normalized spacial score (nSPS) is 12.2. The minimum Gasteiger partial charge on any atom is -0.495 e. The Morgan fingerprint density at radius 1 is 1.05 bits per heavy atom. The lowest BCUT2D eigenvalue weighted by molar-refractivity contribution is 0.242. The van der Waals surface area contributed by atoms with Crippen LogP contribution in [0.1, 0.15) is 31.0 Å². The van der Waals surface area contributed by atoms with Crippen LogP contribution in [0.3, 0.4) is 0 Å². The van der Waals surface area contributed by atoms with Gasteiger partial charge in [0.05, 0.1) is 25.5 Å². The van der Waals surface area contributed by atoms with Gasteiger partial charge in [0.15, 0.2) is 0 Å². The lowest BCUT2D eigenvalue weighted by atomic mass is 10.00. The Morgan fingerprint density at radius 3 is 2.48 bits per heavy atom. The molecule has 0 fully saturated rings. The number of benzene rings is 1. The minimum absolute atomic E-state index is 0.0447. The maximum atomic E-state index is 5.76. The lowest BCUT2D eigenvalue weighted by Gasteiger charge is -2.19. The van der Waals surface area contributed by atoms with E-state index in [1.54, 1.807) is 13.3 Å². The molecule has 0 saturated heterocycles. The van der Waals surface area contributed by atoms with E-state index in [1.807, 2.05) is 45.3 Å². The predicted octanol–water partition coefficient (Wildman–Crippen LogP) is 3.19. The van der Waals surface area contributed by atoms with Crippen molar-refractivity contribution < 1.29 is 9.47 Å². The maximum Gasteiger partial charge on any atom is 0.137 e. The molecule has 0 aliphatic rings. The highest BCUT2D eigenvalue weighted by atomic mass is 16.5. The standard InChI is InChI=1S/C17H22N2O2/c1-12(2)21-15-7-5-6-13(8-15)17(18-3)14-9-16(20-4)11-19-10-14/h5-12,17-18H,1-4H3. The number of nitrogens with zero attached hydrogens (tertiary/aromatic N) is 1. The average molecular weight is 286 g/mol. The number of rotatable bonds is 6. The first kappa shape index (κ1) is 15.3. The minimum atomic E-state index is 0.0447. The summed E-state index contributed by atoms with van der Waals surface area (Å²) in [7, 11) is 3.58. The van der Waals surface area contributed by atoms with Crippen LogP contribution in [-0.4, -0.2) is 25.2 Å². The monoisotopic (exact) mass is 286 g/mol. The van der Waals surface area contributed by atoms with E-state index in [0.29, 0.717) is 0 Å². The molecule has 2 aromatic rings. The summed E-state index contributed by atoms with van der Waals surface area (Å²) in [6, 6.07) is 10.1. The van der Waals surface area contributed by atoms with E-state index in [1.165, 1.54) is 0 Å². The van der Waals surface area contributed by atoms with Crippen molar-refractivity contribution in [2.24, 2.45) is 0 Å². The van der Waals surface area contributed by atoms with Crippen LogP contribution in [0.4, 0.5) is 0 Å². The van der Waals surface area contributed by atoms with Gasteiger partial charge < -0.3 is 14.8 Å². The summed E-state index contributed by atoms with van der Waals surface area (Å²) in [5.74, 6) is 1.63. The highest BCUT2D eigenvalue weighted by Crippen LogP contribution is 2.26. The molecule has 112 valence electrons. The fourth-order valence-electron chi connectivity index (χ4n) is 2.27. The molecule has 0 bridgehead atoms. The molecule has 1 aromatic carbocycles. The van der Waals surface area contributed by atoms with Crippen molar-refractivity contribution in [3.63, 3.8) is 0 Å². The number of aromatic nitrogens is 1. The summed E-state index contributed by atoms with van der Waals surface area (Å²) in [6.45, 7) is 4.04. The molecule has 1 heterocycles. The summed E-state index contributed by atoms with van der Waals surface area (Å²) in [6.07, 6.45) is 3.71. The number of ether oxygens (including phenoxy) is 2. The summed E-state index contributed by atoms with van der Waals surface area (Å²) < 4.78 is 11.0. The highest BCUT2D eigenvalue weighted by Gasteiger charge is 2.14. The van der Waals surface area contributed by atoms with E-state index in [9.17, 15) is 0 Å². The smallest absolute Gasteiger partial charge is 0.137 e. The third-order valence-electron chi connectivity index (χ3n) is 3.16. The third-order valence-corrected chi connectivity index (χ3v) is 3.16. The van der Waals surface area contributed by atoms with Crippen molar-refractivity contribution in [2.45, 2.75) is 26.0 Å². The van der Waals surface area contributed by atoms with E-state index in [4.69, 9.17) is 9.47 Å². The number of methoxy groups -OCH3 is 1. The zero-order valence-corrected chi connectivity index (χ0v) is 13.0. The molecule has 0 radical (unpaired) electrons. The van der Waals surface area contributed by atoms with Gasteiger partial charge in [-0.1, -0.05) is 12.1 Å². The molecule has 1 N–H and O–H groups in total. The molecule has 0 saturated carbocycles. The number of pyridine rings is 1. The van der Waals surface area contributed by atoms with E-state index in [2.05, 4.69) is 22.4 Å². The molecule has 2 rings (SSSR count). The molecule has 4 nitrogen and oxygen atoms in total. The largest absolute Gasteiger partial charge is 0.495 e. The van der Waals surface area contributed by atoms with Crippen molar-refractivity contribution >= 4 is 0 Å².